The molecular weight excluding hydrogens is 382 g/mol. The van der Waals surface area contributed by atoms with Crippen molar-refractivity contribution in [3.63, 3.8) is 0 Å². The number of rotatable bonds is 4. The van der Waals surface area contributed by atoms with Gasteiger partial charge in [-0.3, -0.25) is 0 Å². The van der Waals surface area contributed by atoms with Crippen molar-refractivity contribution in [3.8, 4) is 0 Å². The number of benzene rings is 1. The van der Waals surface area contributed by atoms with E-state index in [2.05, 4.69) is 15.9 Å². The third kappa shape index (κ3) is 3.46. The van der Waals surface area contributed by atoms with Gasteiger partial charge in [0.2, 0.25) is 0 Å². The number of alkyl halides is 1. The molecular formula is C13H17BrClNO2S2. The Morgan fingerprint density at radius 1 is 1.50 bits per heavy atom. The predicted molar refractivity (Wildman–Crippen MR) is 91.6 cm³/mol. The molecule has 3 nitrogen and oxygen atoms in total. The maximum atomic E-state index is 12.3. The minimum atomic E-state index is -3.08. The zero-order chi connectivity index (χ0) is 14.8. The first kappa shape index (κ1) is 16.5. The van der Waals surface area contributed by atoms with E-state index in [9.17, 15) is 8.42 Å². The number of hydrogen-bond acceptors (Lipinski definition) is 4. The molecule has 0 saturated carbocycles. The van der Waals surface area contributed by atoms with E-state index in [1.807, 2.05) is 23.1 Å². The monoisotopic (exact) mass is 397 g/mol. The van der Waals surface area contributed by atoms with E-state index in [1.165, 1.54) is 0 Å². The molecule has 0 radical (unpaired) electrons. The Balaban J connectivity index is 2.35. The van der Waals surface area contributed by atoms with Crippen LogP contribution < -0.4 is 4.90 Å². The number of hydrogen-bond donors (Lipinski definition) is 0. The Kier molecular flexibility index (Phi) is 5.68. The minimum Gasteiger partial charge on any atom is -0.353 e. The summed E-state index contributed by atoms with van der Waals surface area (Å²) in [5.41, 5.74) is 1.95. The lowest BCUT2D eigenvalue weighted by Crippen LogP contribution is -2.48. The fraction of sp³-hybridized carbons (Fsp3) is 0.538. The first-order valence-electron chi connectivity index (χ1n) is 6.40. The van der Waals surface area contributed by atoms with Gasteiger partial charge >= 0.3 is 0 Å². The molecule has 1 unspecified atom stereocenters. The maximum absolute atomic E-state index is 12.3. The standard InChI is InChI=1S/C13H17BrClNO2S2/c1-2-20(17,18)13-9-19-6-5-16(13)11-4-3-10(8-15)12(14)7-11/h3-4,7,13H,2,5-6,8-9H2,1H3. The van der Waals surface area contributed by atoms with Crippen LogP contribution in [0.15, 0.2) is 22.7 Å². The van der Waals surface area contributed by atoms with Crippen molar-refractivity contribution in [2.45, 2.75) is 18.2 Å². The molecule has 1 aromatic rings. The van der Waals surface area contributed by atoms with E-state index >= 15 is 0 Å². The van der Waals surface area contributed by atoms with Crippen LogP contribution in [0.1, 0.15) is 12.5 Å². The summed E-state index contributed by atoms with van der Waals surface area (Å²) in [6.45, 7) is 2.46. The second-order valence-corrected chi connectivity index (χ2v) is 9.30. The highest BCUT2D eigenvalue weighted by atomic mass is 79.9. The minimum absolute atomic E-state index is 0.176. The van der Waals surface area contributed by atoms with Crippen LogP contribution in [-0.2, 0) is 15.7 Å². The molecule has 0 spiro atoms. The second kappa shape index (κ2) is 6.90. The molecule has 7 heteroatoms. The van der Waals surface area contributed by atoms with Crippen molar-refractivity contribution < 1.29 is 8.42 Å². The van der Waals surface area contributed by atoms with Gasteiger partial charge in [0.25, 0.3) is 0 Å². The largest absolute Gasteiger partial charge is 0.353 e. The molecule has 20 heavy (non-hydrogen) atoms. The number of sulfone groups is 1. The Hall–Kier alpha value is 0.0900. The Morgan fingerprint density at radius 2 is 2.25 bits per heavy atom. The van der Waals surface area contributed by atoms with Gasteiger partial charge < -0.3 is 4.90 Å². The molecule has 0 N–H and O–H groups in total. The van der Waals surface area contributed by atoms with Gasteiger partial charge in [0.15, 0.2) is 9.84 Å². The summed E-state index contributed by atoms with van der Waals surface area (Å²) in [6.07, 6.45) is 0. The van der Waals surface area contributed by atoms with Crippen LogP contribution >= 0.6 is 39.3 Å². The molecule has 2 rings (SSSR count). The third-order valence-corrected chi connectivity index (χ3v) is 7.73. The van der Waals surface area contributed by atoms with E-state index in [0.717, 1.165) is 28.0 Å². The zero-order valence-corrected chi connectivity index (χ0v) is 15.2. The van der Waals surface area contributed by atoms with Gasteiger partial charge in [-0.15, -0.1) is 11.6 Å². The average molecular weight is 399 g/mol. The van der Waals surface area contributed by atoms with Gasteiger partial charge in [0.05, 0.1) is 0 Å². The number of halogens is 2. The highest BCUT2D eigenvalue weighted by molar-refractivity contribution is 9.10. The molecule has 1 saturated heterocycles. The number of anilines is 1. The first-order valence-corrected chi connectivity index (χ1v) is 10.6. The van der Waals surface area contributed by atoms with Crippen LogP contribution in [0, 0.1) is 0 Å². The predicted octanol–water partition coefficient (Wildman–Crippen LogP) is 3.50. The van der Waals surface area contributed by atoms with Crippen LogP contribution in [0.3, 0.4) is 0 Å². The van der Waals surface area contributed by atoms with E-state index in [1.54, 1.807) is 18.7 Å². The van der Waals surface area contributed by atoms with Gasteiger partial charge in [0.1, 0.15) is 5.37 Å². The highest BCUT2D eigenvalue weighted by Crippen LogP contribution is 2.31. The molecule has 1 aliphatic heterocycles. The van der Waals surface area contributed by atoms with E-state index in [4.69, 9.17) is 11.6 Å². The smallest absolute Gasteiger partial charge is 0.171 e. The second-order valence-electron chi connectivity index (χ2n) is 4.58. The summed E-state index contributed by atoms with van der Waals surface area (Å²) >= 11 is 11.0. The van der Waals surface area contributed by atoms with Crippen molar-refractivity contribution >= 4 is 54.8 Å². The lowest BCUT2D eigenvalue weighted by Gasteiger charge is -2.36. The average Bonchev–Trinajstić information content (AvgIpc) is 2.47. The van der Waals surface area contributed by atoms with Gasteiger partial charge in [-0.1, -0.05) is 28.9 Å². The Bertz CT molecular complexity index is 580. The van der Waals surface area contributed by atoms with Crippen LogP contribution in [0.5, 0.6) is 0 Å². The number of thioether (sulfide) groups is 1. The summed E-state index contributed by atoms with van der Waals surface area (Å²) in [7, 11) is -3.08. The summed E-state index contributed by atoms with van der Waals surface area (Å²) < 4.78 is 25.4. The maximum Gasteiger partial charge on any atom is 0.171 e. The van der Waals surface area contributed by atoms with Crippen molar-refractivity contribution in [1.82, 2.24) is 0 Å². The topological polar surface area (TPSA) is 37.4 Å². The van der Waals surface area contributed by atoms with Crippen LogP contribution in [0.2, 0.25) is 0 Å². The van der Waals surface area contributed by atoms with Gasteiger partial charge in [0, 0.05) is 39.8 Å². The van der Waals surface area contributed by atoms with Crippen LogP contribution in [-0.4, -0.2) is 37.6 Å². The molecule has 1 heterocycles. The lowest BCUT2D eigenvalue weighted by atomic mass is 10.2. The molecule has 1 aromatic carbocycles. The van der Waals surface area contributed by atoms with Crippen molar-refractivity contribution in [1.29, 1.82) is 0 Å². The first-order chi connectivity index (χ1) is 9.49. The molecule has 0 bridgehead atoms. The molecule has 112 valence electrons. The zero-order valence-electron chi connectivity index (χ0n) is 11.2. The SMILES string of the molecule is CCS(=O)(=O)C1CSCCN1c1ccc(CCl)c(Br)c1. The molecule has 0 aliphatic carbocycles. The summed E-state index contributed by atoms with van der Waals surface area (Å²) in [6, 6.07) is 5.87. The van der Waals surface area contributed by atoms with Crippen molar-refractivity contribution in [3.05, 3.63) is 28.2 Å². The van der Waals surface area contributed by atoms with Gasteiger partial charge in [-0.05, 0) is 17.7 Å². The quantitative estimate of drug-likeness (QED) is 0.727. The normalized spacial score (nSPS) is 20.1. The Morgan fingerprint density at radius 3 is 2.85 bits per heavy atom. The van der Waals surface area contributed by atoms with E-state index in [0.29, 0.717) is 11.6 Å². The number of nitrogens with zero attached hydrogens (tertiary/aromatic N) is 1. The summed E-state index contributed by atoms with van der Waals surface area (Å²) in [5, 5.41) is -0.431. The fourth-order valence-corrected chi connectivity index (χ4v) is 6.08. The van der Waals surface area contributed by atoms with E-state index in [-0.39, 0.29) is 5.75 Å². The lowest BCUT2D eigenvalue weighted by molar-refractivity contribution is 0.579. The van der Waals surface area contributed by atoms with Crippen molar-refractivity contribution in [2.75, 3.05) is 28.7 Å². The van der Waals surface area contributed by atoms with Gasteiger partial charge in [-0.25, -0.2) is 8.42 Å². The molecule has 1 fully saturated rings. The Labute approximate surface area is 138 Å². The summed E-state index contributed by atoms with van der Waals surface area (Å²) in [5.74, 6) is 2.19. The third-order valence-electron chi connectivity index (χ3n) is 3.41. The summed E-state index contributed by atoms with van der Waals surface area (Å²) in [4.78, 5) is 2.00. The van der Waals surface area contributed by atoms with E-state index < -0.39 is 15.2 Å². The van der Waals surface area contributed by atoms with Crippen LogP contribution in [0.4, 0.5) is 5.69 Å². The highest BCUT2D eigenvalue weighted by Gasteiger charge is 2.33. The van der Waals surface area contributed by atoms with Crippen LogP contribution in [0.25, 0.3) is 0 Å². The van der Waals surface area contributed by atoms with Crippen molar-refractivity contribution in [2.24, 2.45) is 0 Å². The molecule has 0 amide bonds. The molecule has 1 atom stereocenters. The molecule has 0 aromatic heterocycles. The molecule has 1 aliphatic rings. The van der Waals surface area contributed by atoms with Gasteiger partial charge in [-0.2, -0.15) is 11.8 Å². The fourth-order valence-electron chi connectivity index (χ4n) is 2.19.